The molecule has 0 N–H and O–H groups in total. The van der Waals surface area contributed by atoms with Crippen molar-refractivity contribution in [2.24, 2.45) is 4.99 Å². The molecule has 0 radical (unpaired) electrons. The molecule has 0 unspecified atom stereocenters. The van der Waals surface area contributed by atoms with E-state index in [1.54, 1.807) is 0 Å². The molecular weight excluding hydrogens is 110 g/mol. The van der Waals surface area contributed by atoms with Crippen LogP contribution in [0.15, 0.2) is 17.1 Å². The second-order valence-corrected chi connectivity index (χ2v) is 1.88. The molecule has 0 aliphatic rings. The maximum absolute atomic E-state index is 4.08. The minimum Gasteiger partial charge on any atom is -0.298 e. The second-order valence-electron chi connectivity index (χ2n) is 1.88. The van der Waals surface area contributed by atoms with Crippen molar-refractivity contribution in [1.29, 1.82) is 0 Å². The van der Waals surface area contributed by atoms with Crippen LogP contribution in [0, 0.1) is 0 Å². The van der Waals surface area contributed by atoms with Gasteiger partial charge in [-0.15, -0.1) is 0 Å². The molecule has 0 bridgehead atoms. The lowest BCUT2D eigenvalue weighted by molar-refractivity contribution is 0.857. The Balaban J connectivity index is 2.91. The molecule has 0 heterocycles. The molecule has 52 valence electrons. The van der Waals surface area contributed by atoms with E-state index in [-0.39, 0.29) is 0 Å². The molecule has 0 spiro atoms. The molecule has 0 aromatic carbocycles. The lowest BCUT2D eigenvalue weighted by atomic mass is 10.3. The molecule has 0 amide bonds. The summed E-state index contributed by atoms with van der Waals surface area (Å²) in [5.41, 5.74) is 0. The van der Waals surface area contributed by atoms with Crippen LogP contribution in [-0.2, 0) is 0 Å². The zero-order valence-corrected chi connectivity index (χ0v) is 6.30. The van der Waals surface area contributed by atoms with Crippen LogP contribution in [0.3, 0.4) is 0 Å². The zero-order chi connectivity index (χ0) is 6.95. The molecule has 0 fully saturated rings. The van der Waals surface area contributed by atoms with Crippen LogP contribution in [0.5, 0.6) is 0 Å². The van der Waals surface area contributed by atoms with Crippen molar-refractivity contribution in [2.45, 2.75) is 26.7 Å². The third-order valence-corrected chi connectivity index (χ3v) is 1.08. The summed E-state index contributed by atoms with van der Waals surface area (Å²) in [6.45, 7) is 4.97. The Hall–Kier alpha value is -0.590. The highest BCUT2D eigenvalue weighted by Gasteiger charge is 1.77. The van der Waals surface area contributed by atoms with Gasteiger partial charge in [-0.1, -0.05) is 12.2 Å². The van der Waals surface area contributed by atoms with Gasteiger partial charge >= 0.3 is 0 Å². The van der Waals surface area contributed by atoms with Crippen molar-refractivity contribution in [3.05, 3.63) is 12.2 Å². The van der Waals surface area contributed by atoms with Crippen molar-refractivity contribution in [3.8, 4) is 0 Å². The van der Waals surface area contributed by atoms with Gasteiger partial charge in [-0.05, 0) is 32.9 Å². The van der Waals surface area contributed by atoms with E-state index in [1.165, 1.54) is 6.42 Å². The lowest BCUT2D eigenvalue weighted by Gasteiger charge is -1.87. The van der Waals surface area contributed by atoms with E-state index in [2.05, 4.69) is 17.1 Å². The zero-order valence-electron chi connectivity index (χ0n) is 6.30. The highest BCUT2D eigenvalue weighted by Crippen LogP contribution is 1.89. The molecule has 0 aromatic rings. The van der Waals surface area contributed by atoms with Crippen LogP contribution in [-0.4, -0.2) is 12.8 Å². The number of aliphatic imine (C=N–C) groups is 1. The highest BCUT2D eigenvalue weighted by atomic mass is 14.7. The summed E-state index contributed by atoms with van der Waals surface area (Å²) in [5, 5.41) is 0. The molecule has 0 aromatic heterocycles. The fourth-order valence-electron chi connectivity index (χ4n) is 0.596. The average Bonchev–Trinajstić information content (AvgIpc) is 1.89. The number of nitrogens with zero attached hydrogens (tertiary/aromatic N) is 1. The molecule has 0 saturated carbocycles. The molecule has 0 saturated heterocycles. The fraction of sp³-hybridized carbons (Fsp3) is 0.625. The molecule has 0 aliphatic carbocycles. The van der Waals surface area contributed by atoms with E-state index < -0.39 is 0 Å². The van der Waals surface area contributed by atoms with Gasteiger partial charge in [0.25, 0.3) is 0 Å². The number of unbranched alkanes of at least 4 members (excludes halogenated alkanes) is 1. The Morgan fingerprint density at radius 2 is 2.11 bits per heavy atom. The van der Waals surface area contributed by atoms with Crippen molar-refractivity contribution in [1.82, 2.24) is 0 Å². The topological polar surface area (TPSA) is 12.4 Å². The molecule has 0 aliphatic heterocycles. The van der Waals surface area contributed by atoms with Crippen molar-refractivity contribution < 1.29 is 0 Å². The van der Waals surface area contributed by atoms with Gasteiger partial charge in [0, 0.05) is 6.54 Å². The monoisotopic (exact) mass is 125 g/mol. The van der Waals surface area contributed by atoms with Gasteiger partial charge < -0.3 is 0 Å². The van der Waals surface area contributed by atoms with Crippen LogP contribution in [0.25, 0.3) is 0 Å². The van der Waals surface area contributed by atoms with Crippen LogP contribution in [0.2, 0.25) is 0 Å². The first-order valence-electron chi connectivity index (χ1n) is 3.47. The van der Waals surface area contributed by atoms with E-state index in [0.717, 1.165) is 13.0 Å². The maximum atomic E-state index is 4.08. The van der Waals surface area contributed by atoms with E-state index in [0.29, 0.717) is 0 Å². The van der Waals surface area contributed by atoms with Gasteiger partial charge in [0.2, 0.25) is 0 Å². The molecule has 9 heavy (non-hydrogen) atoms. The quantitative estimate of drug-likeness (QED) is 0.311. The largest absolute Gasteiger partial charge is 0.298 e. The number of hydrogen-bond donors (Lipinski definition) is 0. The number of rotatable bonds is 4. The number of allylic oxidation sites excluding steroid dienone is 2. The van der Waals surface area contributed by atoms with Gasteiger partial charge in [-0.3, -0.25) is 4.99 Å². The lowest BCUT2D eigenvalue weighted by Crippen LogP contribution is -1.77. The normalized spacial score (nSPS) is 11.8. The predicted octanol–water partition coefficient (Wildman–Crippen LogP) is 2.43. The third kappa shape index (κ3) is 7.41. The standard InChI is InChI=1S/C8H15N/c1-3-5-6-7-8-9-4-2/h3-5H,6-8H2,1-2H3/b5-3-,9-4?. The van der Waals surface area contributed by atoms with Crippen LogP contribution >= 0.6 is 0 Å². The SMILES string of the molecule is CC=NCCC/C=C\C. The Kier molecular flexibility index (Phi) is 6.92. The Morgan fingerprint density at radius 1 is 1.33 bits per heavy atom. The summed E-state index contributed by atoms with van der Waals surface area (Å²) in [6, 6.07) is 0. The predicted molar refractivity (Wildman–Crippen MR) is 43.1 cm³/mol. The Bertz CT molecular complexity index is 80.7. The molecule has 1 nitrogen and oxygen atoms in total. The first-order valence-corrected chi connectivity index (χ1v) is 3.47. The molecule has 0 rings (SSSR count). The average molecular weight is 125 g/mol. The van der Waals surface area contributed by atoms with Crippen LogP contribution in [0.4, 0.5) is 0 Å². The van der Waals surface area contributed by atoms with Crippen LogP contribution < -0.4 is 0 Å². The van der Waals surface area contributed by atoms with Gasteiger partial charge in [-0.25, -0.2) is 0 Å². The maximum Gasteiger partial charge on any atom is 0.0388 e. The molecule has 0 atom stereocenters. The fourth-order valence-corrected chi connectivity index (χ4v) is 0.596. The van der Waals surface area contributed by atoms with Gasteiger partial charge in [0.05, 0.1) is 0 Å². The summed E-state index contributed by atoms with van der Waals surface area (Å²) < 4.78 is 0. The minimum atomic E-state index is 0.973. The first-order chi connectivity index (χ1) is 4.41. The highest BCUT2D eigenvalue weighted by molar-refractivity contribution is 5.53. The molecular formula is C8H15N. The van der Waals surface area contributed by atoms with E-state index in [4.69, 9.17) is 0 Å². The van der Waals surface area contributed by atoms with Crippen molar-refractivity contribution in [3.63, 3.8) is 0 Å². The minimum absolute atomic E-state index is 0.973. The summed E-state index contributed by atoms with van der Waals surface area (Å²) in [7, 11) is 0. The first kappa shape index (κ1) is 8.41. The Morgan fingerprint density at radius 3 is 2.67 bits per heavy atom. The summed E-state index contributed by atoms with van der Waals surface area (Å²) in [4.78, 5) is 4.08. The van der Waals surface area contributed by atoms with E-state index in [1.807, 2.05) is 20.1 Å². The van der Waals surface area contributed by atoms with E-state index in [9.17, 15) is 0 Å². The van der Waals surface area contributed by atoms with Gasteiger partial charge in [-0.2, -0.15) is 0 Å². The van der Waals surface area contributed by atoms with Crippen molar-refractivity contribution >= 4 is 6.21 Å². The summed E-state index contributed by atoms with van der Waals surface area (Å²) in [5.74, 6) is 0. The van der Waals surface area contributed by atoms with Gasteiger partial charge in [0.1, 0.15) is 0 Å². The molecule has 1 heteroatoms. The van der Waals surface area contributed by atoms with E-state index >= 15 is 0 Å². The van der Waals surface area contributed by atoms with Crippen molar-refractivity contribution in [2.75, 3.05) is 6.54 Å². The third-order valence-electron chi connectivity index (χ3n) is 1.08. The van der Waals surface area contributed by atoms with Crippen LogP contribution in [0.1, 0.15) is 26.7 Å². The second kappa shape index (κ2) is 7.41. The summed E-state index contributed by atoms with van der Waals surface area (Å²) >= 11 is 0. The van der Waals surface area contributed by atoms with Gasteiger partial charge in [0.15, 0.2) is 0 Å². The Labute approximate surface area is 57.5 Å². The smallest absolute Gasteiger partial charge is 0.0388 e. The number of hydrogen-bond acceptors (Lipinski definition) is 1. The summed E-state index contributed by atoms with van der Waals surface area (Å²) in [6.07, 6.45) is 8.44.